The molecule has 0 unspecified atom stereocenters. The van der Waals surface area contributed by atoms with E-state index < -0.39 is 11.9 Å². The number of carboxylic acid groups (broad SMARTS) is 1. The van der Waals surface area contributed by atoms with Gasteiger partial charge in [0.2, 0.25) is 5.82 Å². The molecule has 1 heterocycles. The van der Waals surface area contributed by atoms with Gasteiger partial charge in [-0.15, -0.1) is 0 Å². The Morgan fingerprint density at radius 2 is 2.21 bits per heavy atom. The van der Waals surface area contributed by atoms with Crippen LogP contribution in [0.5, 0.6) is 0 Å². The van der Waals surface area contributed by atoms with Crippen LogP contribution in [0.3, 0.4) is 0 Å². The lowest BCUT2D eigenvalue weighted by Gasteiger charge is -2.00. The Morgan fingerprint density at radius 1 is 1.57 bits per heavy atom. The van der Waals surface area contributed by atoms with Gasteiger partial charge in [0.1, 0.15) is 0 Å². The fraction of sp³-hybridized carbons (Fsp3) is 0.143. The number of halogens is 1. The van der Waals surface area contributed by atoms with Crippen molar-refractivity contribution in [3.8, 4) is 0 Å². The van der Waals surface area contributed by atoms with Crippen molar-refractivity contribution >= 4 is 27.9 Å². The lowest BCUT2D eigenvalue weighted by atomic mass is 10.4. The van der Waals surface area contributed by atoms with Gasteiger partial charge >= 0.3 is 11.9 Å². The van der Waals surface area contributed by atoms with Crippen LogP contribution >= 0.6 is 15.9 Å². The van der Waals surface area contributed by atoms with Crippen LogP contribution in [0.25, 0.3) is 0 Å². The Hall–Kier alpha value is -1.50. The first kappa shape index (κ1) is 10.6. The highest BCUT2D eigenvalue weighted by molar-refractivity contribution is 9.10. The molecular weight excluding hydrogens is 256 g/mol. The molecule has 1 aromatic heterocycles. The second-order valence-electron chi connectivity index (χ2n) is 2.19. The first-order chi connectivity index (χ1) is 6.56. The van der Waals surface area contributed by atoms with Crippen molar-refractivity contribution in [2.24, 2.45) is 0 Å². The number of nitrogens with zero attached hydrogens (tertiary/aromatic N) is 2. The molecule has 0 aliphatic carbocycles. The third-order valence-electron chi connectivity index (χ3n) is 1.31. The number of rotatable bonds is 2. The Labute approximate surface area is 87.1 Å². The zero-order chi connectivity index (χ0) is 10.7. The average Bonchev–Trinajstić information content (AvgIpc) is 2.17. The summed E-state index contributed by atoms with van der Waals surface area (Å²) in [4.78, 5) is 28.7. The summed E-state index contributed by atoms with van der Waals surface area (Å²) in [7, 11) is 1.16. The molecule has 0 fully saturated rings. The maximum absolute atomic E-state index is 10.9. The smallest absolute Gasteiger partial charge is 0.376 e. The van der Waals surface area contributed by atoms with E-state index in [0.717, 1.165) is 7.11 Å². The lowest BCUT2D eigenvalue weighted by Crippen LogP contribution is -2.12. The van der Waals surface area contributed by atoms with Crippen LogP contribution in [-0.2, 0) is 4.74 Å². The number of methoxy groups -OCH3 is 1. The fourth-order valence-electron chi connectivity index (χ4n) is 0.707. The second-order valence-corrected chi connectivity index (χ2v) is 3.04. The van der Waals surface area contributed by atoms with Gasteiger partial charge in [-0.05, 0) is 15.9 Å². The van der Waals surface area contributed by atoms with Gasteiger partial charge < -0.3 is 9.84 Å². The van der Waals surface area contributed by atoms with E-state index in [1.54, 1.807) is 0 Å². The summed E-state index contributed by atoms with van der Waals surface area (Å²) in [5.74, 6) is -2.31. The molecule has 1 N–H and O–H groups in total. The third-order valence-corrected chi connectivity index (χ3v) is 1.89. The summed E-state index contributed by atoms with van der Waals surface area (Å²) >= 11 is 2.94. The van der Waals surface area contributed by atoms with E-state index in [-0.39, 0.29) is 16.0 Å². The first-order valence-corrected chi connectivity index (χ1v) is 4.19. The number of aromatic nitrogens is 2. The molecule has 1 rings (SSSR count). The van der Waals surface area contributed by atoms with E-state index in [0.29, 0.717) is 0 Å². The minimum absolute atomic E-state index is 0.206. The number of hydrogen-bond donors (Lipinski definition) is 1. The van der Waals surface area contributed by atoms with E-state index in [1.807, 2.05) is 0 Å². The van der Waals surface area contributed by atoms with Crippen molar-refractivity contribution in [3.05, 3.63) is 22.2 Å². The summed E-state index contributed by atoms with van der Waals surface area (Å²) in [6, 6.07) is 0. The number of hydrogen-bond acceptors (Lipinski definition) is 5. The quantitative estimate of drug-likeness (QED) is 0.789. The minimum Gasteiger partial charge on any atom is -0.476 e. The normalized spacial score (nSPS) is 9.57. The number of carboxylic acids is 1. The molecule has 0 bridgehead atoms. The van der Waals surface area contributed by atoms with E-state index in [9.17, 15) is 9.59 Å². The van der Waals surface area contributed by atoms with Crippen molar-refractivity contribution in [2.45, 2.75) is 0 Å². The Kier molecular flexibility index (Phi) is 3.13. The summed E-state index contributed by atoms with van der Waals surface area (Å²) in [6.45, 7) is 0. The summed E-state index contributed by atoms with van der Waals surface area (Å²) in [5.41, 5.74) is -0.277. The number of carbonyl (C=O) groups is 2. The molecular formula is C7H5BrN2O4. The van der Waals surface area contributed by atoms with Crippen molar-refractivity contribution in [1.82, 2.24) is 9.97 Å². The summed E-state index contributed by atoms with van der Waals surface area (Å²) in [6.07, 6.45) is 1.18. The molecule has 0 saturated heterocycles. The maximum Gasteiger partial charge on any atom is 0.376 e. The van der Waals surface area contributed by atoms with Crippen molar-refractivity contribution in [2.75, 3.05) is 7.11 Å². The van der Waals surface area contributed by atoms with E-state index in [1.165, 1.54) is 6.20 Å². The number of aromatic carboxylic acids is 1. The zero-order valence-electron chi connectivity index (χ0n) is 7.02. The van der Waals surface area contributed by atoms with Crippen LogP contribution in [0.15, 0.2) is 10.7 Å². The maximum atomic E-state index is 10.9. The van der Waals surface area contributed by atoms with Crippen LogP contribution in [0.2, 0.25) is 0 Å². The van der Waals surface area contributed by atoms with Gasteiger partial charge in [0, 0.05) is 6.20 Å². The van der Waals surface area contributed by atoms with Crippen LogP contribution in [-0.4, -0.2) is 34.1 Å². The molecule has 1 aromatic rings. The van der Waals surface area contributed by atoms with Gasteiger partial charge in [0.25, 0.3) is 0 Å². The molecule has 14 heavy (non-hydrogen) atoms. The fourth-order valence-corrected chi connectivity index (χ4v) is 1.07. The predicted octanol–water partition coefficient (Wildman–Crippen LogP) is 0.724. The Morgan fingerprint density at radius 3 is 2.71 bits per heavy atom. The van der Waals surface area contributed by atoms with E-state index in [4.69, 9.17) is 5.11 Å². The summed E-state index contributed by atoms with van der Waals surface area (Å²) in [5, 5.41) is 8.67. The molecule has 74 valence electrons. The van der Waals surface area contributed by atoms with Gasteiger partial charge in [-0.2, -0.15) is 0 Å². The number of ether oxygens (including phenoxy) is 1. The highest BCUT2D eigenvalue weighted by Gasteiger charge is 2.16. The highest BCUT2D eigenvalue weighted by Crippen LogP contribution is 2.13. The first-order valence-electron chi connectivity index (χ1n) is 3.40. The largest absolute Gasteiger partial charge is 0.476 e. The molecule has 7 heteroatoms. The molecule has 0 aliphatic heterocycles. The summed E-state index contributed by atoms with van der Waals surface area (Å²) < 4.78 is 4.54. The topological polar surface area (TPSA) is 89.4 Å². The monoisotopic (exact) mass is 260 g/mol. The minimum atomic E-state index is -1.25. The molecule has 0 atom stereocenters. The van der Waals surface area contributed by atoms with Gasteiger partial charge in [-0.3, -0.25) is 0 Å². The molecule has 0 radical (unpaired) electrons. The van der Waals surface area contributed by atoms with Gasteiger partial charge in [-0.1, -0.05) is 0 Å². The van der Waals surface area contributed by atoms with Gasteiger partial charge in [0.15, 0.2) is 5.69 Å². The van der Waals surface area contributed by atoms with Crippen LogP contribution in [0, 0.1) is 0 Å². The van der Waals surface area contributed by atoms with E-state index in [2.05, 4.69) is 30.6 Å². The van der Waals surface area contributed by atoms with Crippen molar-refractivity contribution < 1.29 is 19.4 Å². The SMILES string of the molecule is COC(=O)c1ncc(Br)c(C(=O)O)n1. The van der Waals surface area contributed by atoms with Crippen LogP contribution in [0.1, 0.15) is 21.1 Å². The Balaban J connectivity index is 3.19. The molecule has 0 aliphatic rings. The zero-order valence-corrected chi connectivity index (χ0v) is 8.61. The van der Waals surface area contributed by atoms with Crippen LogP contribution < -0.4 is 0 Å². The predicted molar refractivity (Wildman–Crippen MR) is 48.0 cm³/mol. The Bertz CT molecular complexity index is 393. The second kappa shape index (κ2) is 4.14. The molecule has 0 saturated carbocycles. The van der Waals surface area contributed by atoms with E-state index >= 15 is 0 Å². The molecule has 6 nitrogen and oxygen atoms in total. The number of esters is 1. The van der Waals surface area contributed by atoms with Gasteiger partial charge in [0.05, 0.1) is 11.6 Å². The molecule has 0 aromatic carbocycles. The van der Waals surface area contributed by atoms with Crippen LogP contribution in [0.4, 0.5) is 0 Å². The van der Waals surface area contributed by atoms with Crippen molar-refractivity contribution in [1.29, 1.82) is 0 Å². The number of carbonyl (C=O) groups excluding carboxylic acids is 1. The highest BCUT2D eigenvalue weighted by atomic mass is 79.9. The van der Waals surface area contributed by atoms with Gasteiger partial charge in [-0.25, -0.2) is 19.6 Å². The average molecular weight is 261 g/mol. The third kappa shape index (κ3) is 2.05. The molecule has 0 amide bonds. The lowest BCUT2D eigenvalue weighted by molar-refractivity contribution is 0.0586. The van der Waals surface area contributed by atoms with Crippen molar-refractivity contribution in [3.63, 3.8) is 0 Å². The standard InChI is InChI=1S/C7H5BrN2O4/c1-14-7(13)5-9-2-3(8)4(10-5)6(11)12/h2H,1H3,(H,11,12). The molecule has 0 spiro atoms.